The quantitative estimate of drug-likeness (QED) is 0.710. The molecule has 0 aliphatic carbocycles. The van der Waals surface area contributed by atoms with Gasteiger partial charge in [0.25, 0.3) is 11.8 Å². The molecule has 1 aromatic carbocycles. The summed E-state index contributed by atoms with van der Waals surface area (Å²) in [5.41, 5.74) is 1.64. The highest BCUT2D eigenvalue weighted by Gasteiger charge is 2.25. The van der Waals surface area contributed by atoms with E-state index in [9.17, 15) is 14.4 Å². The molecule has 0 saturated heterocycles. The third-order valence-corrected chi connectivity index (χ3v) is 5.18. The minimum atomic E-state index is -0.755. The molecule has 0 unspecified atom stereocenters. The van der Waals surface area contributed by atoms with E-state index >= 15 is 0 Å². The van der Waals surface area contributed by atoms with Crippen LogP contribution in [-0.2, 0) is 9.53 Å². The SMILES string of the molecule is COC(=O)[C@@H](NC(=O)c1ccc(C)c(NC(=O)c2ccc(Cl)s2)c1)C(C)C. The Labute approximate surface area is 166 Å². The number of methoxy groups -OCH3 is 1. The first-order valence-electron chi connectivity index (χ1n) is 8.29. The van der Waals surface area contributed by atoms with Crippen molar-refractivity contribution in [1.29, 1.82) is 0 Å². The predicted molar refractivity (Wildman–Crippen MR) is 107 cm³/mol. The molecule has 144 valence electrons. The minimum Gasteiger partial charge on any atom is -0.467 e. The summed E-state index contributed by atoms with van der Waals surface area (Å²) in [6.07, 6.45) is 0. The summed E-state index contributed by atoms with van der Waals surface area (Å²) < 4.78 is 5.26. The van der Waals surface area contributed by atoms with Crippen molar-refractivity contribution in [1.82, 2.24) is 5.32 Å². The Morgan fingerprint density at radius 2 is 1.81 bits per heavy atom. The first-order chi connectivity index (χ1) is 12.7. The van der Waals surface area contributed by atoms with Crippen LogP contribution in [0, 0.1) is 12.8 Å². The number of aryl methyl sites for hydroxylation is 1. The maximum atomic E-state index is 12.6. The molecule has 0 saturated carbocycles. The number of ether oxygens (including phenoxy) is 1. The topological polar surface area (TPSA) is 84.5 Å². The van der Waals surface area contributed by atoms with Crippen LogP contribution >= 0.6 is 22.9 Å². The Morgan fingerprint density at radius 1 is 1.11 bits per heavy atom. The van der Waals surface area contributed by atoms with Gasteiger partial charge in [-0.25, -0.2) is 4.79 Å². The van der Waals surface area contributed by atoms with Crippen LogP contribution in [0.5, 0.6) is 0 Å². The fourth-order valence-electron chi connectivity index (χ4n) is 2.37. The van der Waals surface area contributed by atoms with E-state index in [4.69, 9.17) is 16.3 Å². The Morgan fingerprint density at radius 3 is 2.37 bits per heavy atom. The third-order valence-electron chi connectivity index (χ3n) is 3.95. The molecule has 8 heteroatoms. The summed E-state index contributed by atoms with van der Waals surface area (Å²) in [6, 6.07) is 7.47. The highest BCUT2D eigenvalue weighted by Crippen LogP contribution is 2.24. The molecule has 0 aliphatic heterocycles. The van der Waals surface area contributed by atoms with Crippen molar-refractivity contribution < 1.29 is 19.1 Å². The van der Waals surface area contributed by atoms with Gasteiger partial charge in [-0.05, 0) is 42.7 Å². The number of anilines is 1. The van der Waals surface area contributed by atoms with E-state index < -0.39 is 17.9 Å². The first-order valence-corrected chi connectivity index (χ1v) is 9.48. The van der Waals surface area contributed by atoms with E-state index in [-0.39, 0.29) is 11.8 Å². The smallest absolute Gasteiger partial charge is 0.328 e. The lowest BCUT2D eigenvalue weighted by atomic mass is 10.0. The maximum Gasteiger partial charge on any atom is 0.328 e. The van der Waals surface area contributed by atoms with Gasteiger partial charge in [0.15, 0.2) is 0 Å². The number of rotatable bonds is 6. The maximum absolute atomic E-state index is 12.6. The number of carbonyl (C=O) groups is 3. The average molecular weight is 409 g/mol. The number of carbonyl (C=O) groups excluding carboxylic acids is 3. The van der Waals surface area contributed by atoms with Gasteiger partial charge < -0.3 is 15.4 Å². The number of thiophene rings is 1. The van der Waals surface area contributed by atoms with E-state index in [2.05, 4.69) is 10.6 Å². The first kappa shape index (κ1) is 20.9. The molecule has 2 rings (SSSR count). The van der Waals surface area contributed by atoms with Gasteiger partial charge in [-0.2, -0.15) is 0 Å². The molecule has 0 bridgehead atoms. The summed E-state index contributed by atoms with van der Waals surface area (Å²) >= 11 is 7.04. The number of benzene rings is 1. The highest BCUT2D eigenvalue weighted by atomic mass is 35.5. The molecule has 1 atom stereocenters. The molecule has 0 radical (unpaired) electrons. The van der Waals surface area contributed by atoms with Gasteiger partial charge in [0.2, 0.25) is 0 Å². The molecule has 2 aromatic rings. The molecule has 27 heavy (non-hydrogen) atoms. The van der Waals surface area contributed by atoms with Crippen LogP contribution < -0.4 is 10.6 Å². The summed E-state index contributed by atoms with van der Waals surface area (Å²) in [4.78, 5) is 37.2. The van der Waals surface area contributed by atoms with Gasteiger partial charge in [-0.3, -0.25) is 9.59 Å². The third kappa shape index (κ3) is 5.30. The van der Waals surface area contributed by atoms with Crippen molar-refractivity contribution >= 4 is 46.4 Å². The van der Waals surface area contributed by atoms with E-state index in [0.29, 0.717) is 20.5 Å². The Hall–Kier alpha value is -2.38. The van der Waals surface area contributed by atoms with E-state index in [1.165, 1.54) is 18.4 Å². The van der Waals surface area contributed by atoms with Crippen molar-refractivity contribution in [2.75, 3.05) is 12.4 Å². The van der Waals surface area contributed by atoms with Crippen LogP contribution in [0.1, 0.15) is 39.4 Å². The van der Waals surface area contributed by atoms with Crippen LogP contribution in [0.4, 0.5) is 5.69 Å². The molecule has 0 fully saturated rings. The Kier molecular flexibility index (Phi) is 6.98. The zero-order valence-electron chi connectivity index (χ0n) is 15.5. The monoisotopic (exact) mass is 408 g/mol. The lowest BCUT2D eigenvalue weighted by Gasteiger charge is -2.20. The molecule has 1 aromatic heterocycles. The normalized spacial score (nSPS) is 11.8. The second-order valence-corrected chi connectivity index (χ2v) is 8.02. The fraction of sp³-hybridized carbons (Fsp3) is 0.316. The van der Waals surface area contributed by atoms with Gasteiger partial charge in [0, 0.05) is 11.3 Å². The van der Waals surface area contributed by atoms with Crippen molar-refractivity contribution in [2.45, 2.75) is 26.8 Å². The molecule has 6 nitrogen and oxygen atoms in total. The largest absolute Gasteiger partial charge is 0.467 e. The molecular weight excluding hydrogens is 388 g/mol. The van der Waals surface area contributed by atoms with Crippen LogP contribution in [0.25, 0.3) is 0 Å². The summed E-state index contributed by atoms with van der Waals surface area (Å²) in [5, 5.41) is 5.46. The van der Waals surface area contributed by atoms with E-state index in [1.807, 2.05) is 20.8 Å². The lowest BCUT2D eigenvalue weighted by Crippen LogP contribution is -2.45. The van der Waals surface area contributed by atoms with Crippen LogP contribution in [0.3, 0.4) is 0 Å². The van der Waals surface area contributed by atoms with Crippen molar-refractivity contribution in [3.8, 4) is 0 Å². The van der Waals surface area contributed by atoms with Gasteiger partial charge in [0.1, 0.15) is 6.04 Å². The number of amides is 2. The minimum absolute atomic E-state index is 0.130. The number of esters is 1. The van der Waals surface area contributed by atoms with E-state index in [1.54, 1.807) is 30.3 Å². The second-order valence-electron chi connectivity index (χ2n) is 6.31. The Balaban J connectivity index is 2.19. The zero-order chi connectivity index (χ0) is 20.1. The molecule has 2 N–H and O–H groups in total. The molecule has 2 amide bonds. The molecule has 0 aliphatic rings. The molecular formula is C19H21ClN2O4S. The molecule has 0 spiro atoms. The van der Waals surface area contributed by atoms with Gasteiger partial charge >= 0.3 is 5.97 Å². The average Bonchev–Trinajstić information content (AvgIpc) is 3.06. The standard InChI is InChI=1S/C19H21ClN2O4S/c1-10(2)16(19(25)26-4)22-17(23)12-6-5-11(3)13(9-12)21-18(24)14-7-8-15(20)27-14/h5-10,16H,1-4H3,(H,21,24)(H,22,23)/t16-/m0/s1. The number of hydrogen-bond acceptors (Lipinski definition) is 5. The zero-order valence-corrected chi connectivity index (χ0v) is 17.0. The van der Waals surface area contributed by atoms with Gasteiger partial charge in [-0.15, -0.1) is 11.3 Å². The van der Waals surface area contributed by atoms with Gasteiger partial charge in [-0.1, -0.05) is 31.5 Å². The number of hydrogen-bond donors (Lipinski definition) is 2. The summed E-state index contributed by atoms with van der Waals surface area (Å²) in [6.45, 7) is 5.45. The Bertz CT molecular complexity index is 863. The van der Waals surface area contributed by atoms with Crippen molar-refractivity contribution in [3.63, 3.8) is 0 Å². The highest BCUT2D eigenvalue weighted by molar-refractivity contribution is 7.18. The number of halogens is 1. The van der Waals surface area contributed by atoms with Crippen LogP contribution in [0.15, 0.2) is 30.3 Å². The van der Waals surface area contributed by atoms with Crippen LogP contribution in [-0.4, -0.2) is 30.9 Å². The summed E-state index contributed by atoms with van der Waals surface area (Å²) in [5.74, 6) is -1.36. The second kappa shape index (κ2) is 9.01. The van der Waals surface area contributed by atoms with Crippen LogP contribution in [0.2, 0.25) is 4.34 Å². The van der Waals surface area contributed by atoms with Gasteiger partial charge in [0.05, 0.1) is 16.3 Å². The van der Waals surface area contributed by atoms with E-state index in [0.717, 1.165) is 5.56 Å². The predicted octanol–water partition coefficient (Wildman–Crippen LogP) is 3.89. The fourth-order valence-corrected chi connectivity index (χ4v) is 3.31. The lowest BCUT2D eigenvalue weighted by molar-refractivity contribution is -0.144. The van der Waals surface area contributed by atoms with Crippen molar-refractivity contribution in [3.05, 3.63) is 50.7 Å². The molecule has 1 heterocycles. The summed E-state index contributed by atoms with van der Waals surface area (Å²) in [7, 11) is 1.28. The number of nitrogens with one attached hydrogen (secondary N) is 2. The van der Waals surface area contributed by atoms with Crippen molar-refractivity contribution in [2.24, 2.45) is 5.92 Å².